The molecule has 0 aliphatic heterocycles. The van der Waals surface area contributed by atoms with Crippen LogP contribution in [0.2, 0.25) is 0 Å². The molecular weight excluding hydrogens is 602 g/mol. The van der Waals surface area contributed by atoms with E-state index in [9.17, 15) is 24.3 Å². The molecule has 1 unspecified atom stereocenters. The van der Waals surface area contributed by atoms with Crippen molar-refractivity contribution in [1.82, 2.24) is 26.4 Å². The van der Waals surface area contributed by atoms with E-state index in [1.54, 1.807) is 31.2 Å². The van der Waals surface area contributed by atoms with Gasteiger partial charge >= 0.3 is 0 Å². The maximum atomic E-state index is 13.9. The summed E-state index contributed by atoms with van der Waals surface area (Å²) >= 11 is 0. The number of amides is 4. The van der Waals surface area contributed by atoms with Gasteiger partial charge in [-0.1, -0.05) is 78.0 Å². The van der Waals surface area contributed by atoms with E-state index in [2.05, 4.69) is 26.4 Å². The molecular formula is C35H39N5O7. The van der Waals surface area contributed by atoms with Crippen molar-refractivity contribution in [3.8, 4) is 5.75 Å². The first-order valence-electron chi connectivity index (χ1n) is 15.1. The molecule has 0 bridgehead atoms. The van der Waals surface area contributed by atoms with Gasteiger partial charge in [-0.25, -0.2) is 0 Å². The molecule has 12 heteroatoms. The minimum atomic E-state index is -1.61. The molecule has 0 radical (unpaired) electrons. The summed E-state index contributed by atoms with van der Waals surface area (Å²) in [6, 6.07) is 23.6. The number of methoxy groups -OCH3 is 1. The monoisotopic (exact) mass is 641 g/mol. The summed E-state index contributed by atoms with van der Waals surface area (Å²) in [7, 11) is 1.54. The molecule has 0 saturated carbocycles. The van der Waals surface area contributed by atoms with Crippen LogP contribution >= 0.6 is 0 Å². The SMILES string of the molecule is COc1ccc(C[C@H](NC(=O)[C@H](C)NC(=O)c2cc(C)on2)C(=O)N[C@@H](Cc2ccccc2)C(O)C(=O)NCc2ccccc2)cc1. The molecule has 0 spiro atoms. The van der Waals surface area contributed by atoms with Crippen LogP contribution in [0.25, 0.3) is 0 Å². The molecule has 47 heavy (non-hydrogen) atoms. The van der Waals surface area contributed by atoms with Gasteiger partial charge in [0.15, 0.2) is 11.8 Å². The van der Waals surface area contributed by atoms with E-state index in [1.807, 2.05) is 60.7 Å². The number of hydrogen-bond acceptors (Lipinski definition) is 8. The Balaban J connectivity index is 1.52. The largest absolute Gasteiger partial charge is 0.497 e. The van der Waals surface area contributed by atoms with Crippen molar-refractivity contribution < 1.29 is 33.5 Å². The molecule has 4 aromatic rings. The van der Waals surface area contributed by atoms with E-state index in [0.717, 1.165) is 11.1 Å². The van der Waals surface area contributed by atoms with E-state index >= 15 is 0 Å². The zero-order valence-electron chi connectivity index (χ0n) is 26.4. The maximum absolute atomic E-state index is 13.9. The van der Waals surface area contributed by atoms with Gasteiger partial charge in [-0.15, -0.1) is 0 Å². The van der Waals surface area contributed by atoms with Gasteiger partial charge in [-0.05, 0) is 49.1 Å². The van der Waals surface area contributed by atoms with E-state index in [4.69, 9.17) is 9.26 Å². The molecule has 3 aromatic carbocycles. The van der Waals surface area contributed by atoms with Crippen LogP contribution in [0.5, 0.6) is 5.75 Å². The first kappa shape index (κ1) is 34.4. The number of aliphatic hydroxyl groups excluding tert-OH is 1. The van der Waals surface area contributed by atoms with Crippen molar-refractivity contribution in [3.63, 3.8) is 0 Å². The summed E-state index contributed by atoms with van der Waals surface area (Å²) in [4.78, 5) is 52.8. The molecule has 4 atom stereocenters. The van der Waals surface area contributed by atoms with Gasteiger partial charge in [0.25, 0.3) is 11.8 Å². The number of aryl methyl sites for hydroxylation is 1. The Morgan fingerprint density at radius 3 is 2.00 bits per heavy atom. The third-order valence-corrected chi connectivity index (χ3v) is 7.42. The smallest absolute Gasteiger partial charge is 0.274 e. The molecule has 0 saturated heterocycles. The van der Waals surface area contributed by atoms with Crippen molar-refractivity contribution in [2.75, 3.05) is 7.11 Å². The standard InChI is InChI=1S/C35H39N5O7/c1-22-18-30(40-47-22)34(44)37-23(2)32(42)39-29(20-25-14-16-27(46-3)17-15-25)33(43)38-28(19-24-10-6-4-7-11-24)31(41)35(45)36-21-26-12-8-5-9-13-26/h4-18,23,28-29,31,41H,19-21H2,1-3H3,(H,36,45)(H,37,44)(H,38,43)(H,39,42)/t23-,28-,29-,31?/m0/s1. The Morgan fingerprint density at radius 2 is 1.40 bits per heavy atom. The second-order valence-electron chi connectivity index (χ2n) is 11.1. The summed E-state index contributed by atoms with van der Waals surface area (Å²) in [5.74, 6) is -1.49. The van der Waals surface area contributed by atoms with Crippen LogP contribution in [0.1, 0.15) is 39.9 Å². The second kappa shape index (κ2) is 16.7. The van der Waals surface area contributed by atoms with Crippen molar-refractivity contribution in [2.45, 2.75) is 57.5 Å². The number of hydrogen-bond donors (Lipinski definition) is 5. The van der Waals surface area contributed by atoms with E-state index in [1.165, 1.54) is 20.1 Å². The molecule has 0 fully saturated rings. The highest BCUT2D eigenvalue weighted by Crippen LogP contribution is 2.14. The van der Waals surface area contributed by atoms with E-state index in [0.29, 0.717) is 17.1 Å². The lowest BCUT2D eigenvalue weighted by atomic mass is 9.98. The van der Waals surface area contributed by atoms with Crippen molar-refractivity contribution >= 4 is 23.6 Å². The Bertz CT molecular complexity index is 1630. The van der Waals surface area contributed by atoms with Gasteiger partial charge in [0.05, 0.1) is 13.2 Å². The number of aliphatic hydroxyl groups is 1. The van der Waals surface area contributed by atoms with E-state index in [-0.39, 0.29) is 25.1 Å². The van der Waals surface area contributed by atoms with Crippen molar-refractivity contribution in [2.24, 2.45) is 0 Å². The second-order valence-corrected chi connectivity index (χ2v) is 11.1. The average Bonchev–Trinajstić information content (AvgIpc) is 3.53. The number of aromatic nitrogens is 1. The minimum Gasteiger partial charge on any atom is -0.497 e. The number of rotatable bonds is 15. The van der Waals surface area contributed by atoms with Crippen LogP contribution in [0.3, 0.4) is 0 Å². The molecule has 4 amide bonds. The zero-order chi connectivity index (χ0) is 33.8. The molecule has 1 heterocycles. The van der Waals surface area contributed by atoms with Crippen molar-refractivity contribution in [3.05, 3.63) is 119 Å². The molecule has 1 aromatic heterocycles. The summed E-state index contributed by atoms with van der Waals surface area (Å²) in [6.45, 7) is 3.30. The zero-order valence-corrected chi connectivity index (χ0v) is 26.4. The van der Waals surface area contributed by atoms with Crippen LogP contribution in [0.15, 0.2) is 95.5 Å². The normalized spacial score (nSPS) is 13.4. The highest BCUT2D eigenvalue weighted by molar-refractivity contribution is 5.97. The summed E-state index contributed by atoms with van der Waals surface area (Å²) < 4.78 is 10.2. The Morgan fingerprint density at radius 1 is 0.787 bits per heavy atom. The van der Waals surface area contributed by atoms with Crippen LogP contribution < -0.4 is 26.0 Å². The van der Waals surface area contributed by atoms with Gasteiger partial charge in [-0.3, -0.25) is 19.2 Å². The molecule has 0 aliphatic rings. The topological polar surface area (TPSA) is 172 Å². The molecule has 246 valence electrons. The van der Waals surface area contributed by atoms with Gasteiger partial charge in [0, 0.05) is 19.0 Å². The Labute approximate surface area is 272 Å². The molecule has 0 aliphatic carbocycles. The summed E-state index contributed by atoms with van der Waals surface area (Å²) in [6.07, 6.45) is -1.40. The lowest BCUT2D eigenvalue weighted by Gasteiger charge is -2.27. The molecule has 5 N–H and O–H groups in total. The quantitative estimate of drug-likeness (QED) is 0.132. The molecule has 12 nitrogen and oxygen atoms in total. The number of carbonyl (C=O) groups is 4. The van der Waals surface area contributed by atoms with Gasteiger partial charge in [-0.2, -0.15) is 0 Å². The first-order chi connectivity index (χ1) is 22.6. The Kier molecular flexibility index (Phi) is 12.2. The maximum Gasteiger partial charge on any atom is 0.274 e. The number of nitrogens with one attached hydrogen (secondary N) is 4. The number of nitrogens with zero attached hydrogens (tertiary/aromatic N) is 1. The molecule has 4 rings (SSSR count). The highest BCUT2D eigenvalue weighted by atomic mass is 16.5. The third kappa shape index (κ3) is 10.3. The van der Waals surface area contributed by atoms with Gasteiger partial charge in [0.2, 0.25) is 11.8 Å². The number of carbonyl (C=O) groups excluding carboxylic acids is 4. The predicted octanol–water partition coefficient (Wildman–Crippen LogP) is 2.24. The fourth-order valence-electron chi connectivity index (χ4n) is 4.78. The lowest BCUT2D eigenvalue weighted by molar-refractivity contribution is -0.134. The van der Waals surface area contributed by atoms with Gasteiger partial charge < -0.3 is 35.6 Å². The van der Waals surface area contributed by atoms with E-state index < -0.39 is 47.9 Å². The summed E-state index contributed by atoms with van der Waals surface area (Å²) in [5, 5.41) is 25.6. The third-order valence-electron chi connectivity index (χ3n) is 7.42. The van der Waals surface area contributed by atoms with Crippen LogP contribution in [0.4, 0.5) is 0 Å². The number of benzene rings is 3. The van der Waals surface area contributed by atoms with Crippen molar-refractivity contribution in [1.29, 1.82) is 0 Å². The highest BCUT2D eigenvalue weighted by Gasteiger charge is 2.32. The lowest BCUT2D eigenvalue weighted by Crippen LogP contribution is -2.58. The van der Waals surface area contributed by atoms with Crippen LogP contribution in [-0.4, -0.2) is 65.2 Å². The fourth-order valence-corrected chi connectivity index (χ4v) is 4.78. The van der Waals surface area contributed by atoms with Crippen LogP contribution in [-0.2, 0) is 33.8 Å². The Hall–Kier alpha value is -5.49. The van der Waals surface area contributed by atoms with Gasteiger partial charge in [0.1, 0.15) is 23.6 Å². The number of ether oxygens (including phenoxy) is 1. The predicted molar refractivity (Wildman–Crippen MR) is 173 cm³/mol. The fraction of sp³-hybridized carbons (Fsp3) is 0.286. The van der Waals surface area contributed by atoms with Crippen LogP contribution in [0, 0.1) is 6.92 Å². The average molecular weight is 642 g/mol. The first-order valence-corrected chi connectivity index (χ1v) is 15.1. The minimum absolute atomic E-state index is 0.0120. The summed E-state index contributed by atoms with van der Waals surface area (Å²) in [5.41, 5.74) is 2.35.